The molecule has 0 bridgehead atoms. The van der Waals surface area contributed by atoms with Gasteiger partial charge in [0, 0.05) is 5.56 Å². The predicted octanol–water partition coefficient (Wildman–Crippen LogP) is 8.47. The van der Waals surface area contributed by atoms with Crippen molar-refractivity contribution in [3.05, 3.63) is 47.4 Å². The minimum atomic E-state index is -3.64. The van der Waals surface area contributed by atoms with E-state index in [1.165, 1.54) is 18.2 Å². The zero-order valence-corrected chi connectivity index (χ0v) is 22.0. The summed E-state index contributed by atoms with van der Waals surface area (Å²) >= 11 is 0. The Kier molecular flexibility index (Phi) is 11.3. The Labute approximate surface area is 220 Å². The first-order valence-electron chi connectivity index (χ1n) is 13.5. The van der Waals surface area contributed by atoms with Gasteiger partial charge in [0.15, 0.2) is 6.17 Å². The highest BCUT2D eigenvalue weighted by molar-refractivity contribution is 5.62. The minimum absolute atomic E-state index is 0.0732. The summed E-state index contributed by atoms with van der Waals surface area (Å²) in [5, 5.41) is 0. The summed E-state index contributed by atoms with van der Waals surface area (Å²) in [7, 11) is 0. The lowest BCUT2D eigenvalue weighted by Gasteiger charge is -2.33. The van der Waals surface area contributed by atoms with Crippen molar-refractivity contribution in [3.63, 3.8) is 0 Å². The van der Waals surface area contributed by atoms with E-state index in [0.717, 1.165) is 19.3 Å². The standard InChI is InChI=1S/C29H37F6NO2/c1-3-5-6-7-9-21(30)17-38-26-15-12-20-16-25(36-28(33)27(20)29(26,34)35)19-10-13-22(14-11-19)37-18-24(32)23(31)8-4-2/h10-11,13-14,16,21,23-24,26H,3-9,12,15,17-18H2,1-2H3. The van der Waals surface area contributed by atoms with Gasteiger partial charge >= 0.3 is 5.92 Å². The molecule has 0 fully saturated rings. The van der Waals surface area contributed by atoms with Gasteiger partial charge in [0.05, 0.1) is 17.9 Å². The van der Waals surface area contributed by atoms with E-state index in [4.69, 9.17) is 9.47 Å². The highest BCUT2D eigenvalue weighted by Gasteiger charge is 2.49. The molecule has 4 atom stereocenters. The molecule has 0 aliphatic heterocycles. The molecule has 0 radical (unpaired) electrons. The van der Waals surface area contributed by atoms with Crippen molar-refractivity contribution in [2.24, 2.45) is 0 Å². The summed E-state index contributed by atoms with van der Waals surface area (Å²) < 4.78 is 97.4. The maximum absolute atomic E-state index is 15.2. The molecule has 1 aromatic carbocycles. The average Bonchev–Trinajstić information content (AvgIpc) is 2.89. The lowest BCUT2D eigenvalue weighted by Crippen LogP contribution is -2.40. The van der Waals surface area contributed by atoms with Crippen LogP contribution in [0, 0.1) is 5.95 Å². The summed E-state index contributed by atoms with van der Waals surface area (Å²) in [5.74, 6) is -4.64. The number of pyridine rings is 1. The average molecular weight is 546 g/mol. The highest BCUT2D eigenvalue weighted by Crippen LogP contribution is 2.44. The Hall–Kier alpha value is -2.29. The summed E-state index contributed by atoms with van der Waals surface area (Å²) in [6.45, 7) is 2.93. The second kappa shape index (κ2) is 14.2. The van der Waals surface area contributed by atoms with E-state index in [0.29, 0.717) is 24.2 Å². The molecular weight excluding hydrogens is 508 g/mol. The first kappa shape index (κ1) is 30.3. The molecule has 0 amide bonds. The molecule has 1 heterocycles. The third-order valence-corrected chi connectivity index (χ3v) is 6.84. The molecule has 3 rings (SSSR count). The van der Waals surface area contributed by atoms with Gasteiger partial charge < -0.3 is 9.47 Å². The summed E-state index contributed by atoms with van der Waals surface area (Å²) in [4.78, 5) is 3.76. The summed E-state index contributed by atoms with van der Waals surface area (Å²) in [6, 6.07) is 7.51. The Bertz CT molecular complexity index is 1000. The van der Waals surface area contributed by atoms with Gasteiger partial charge in [-0.2, -0.15) is 13.2 Å². The number of fused-ring (bicyclic) bond motifs is 1. The van der Waals surface area contributed by atoms with E-state index in [2.05, 4.69) is 4.98 Å². The van der Waals surface area contributed by atoms with Gasteiger partial charge in [-0.15, -0.1) is 0 Å². The van der Waals surface area contributed by atoms with Crippen LogP contribution in [-0.4, -0.2) is 42.8 Å². The van der Waals surface area contributed by atoms with Crippen molar-refractivity contribution in [1.82, 2.24) is 4.98 Å². The second-order valence-corrected chi connectivity index (χ2v) is 9.92. The van der Waals surface area contributed by atoms with Crippen LogP contribution in [0.3, 0.4) is 0 Å². The quantitative estimate of drug-likeness (QED) is 0.128. The van der Waals surface area contributed by atoms with Gasteiger partial charge in [-0.1, -0.05) is 46.0 Å². The van der Waals surface area contributed by atoms with Crippen LogP contribution in [0.5, 0.6) is 5.75 Å². The molecule has 1 aliphatic carbocycles. The molecule has 1 aromatic heterocycles. The Morgan fingerprint density at radius 3 is 2.37 bits per heavy atom. The van der Waals surface area contributed by atoms with E-state index < -0.39 is 55.3 Å². The first-order valence-corrected chi connectivity index (χ1v) is 13.5. The molecule has 0 spiro atoms. The van der Waals surface area contributed by atoms with Gasteiger partial charge in [0.2, 0.25) is 5.95 Å². The van der Waals surface area contributed by atoms with E-state index >= 15 is 8.78 Å². The van der Waals surface area contributed by atoms with Gasteiger partial charge in [0.25, 0.3) is 0 Å². The number of benzene rings is 1. The predicted molar refractivity (Wildman–Crippen MR) is 135 cm³/mol. The SMILES string of the molecule is CCCCCCC(F)COC1CCc2cc(-c3ccc(OCC(F)C(F)CCC)cc3)nc(F)c2C1(F)F. The van der Waals surface area contributed by atoms with Crippen LogP contribution in [0.2, 0.25) is 0 Å². The Morgan fingerprint density at radius 1 is 0.947 bits per heavy atom. The third-order valence-electron chi connectivity index (χ3n) is 6.84. The number of hydrogen-bond donors (Lipinski definition) is 0. The third kappa shape index (κ3) is 7.87. The van der Waals surface area contributed by atoms with Gasteiger partial charge in [-0.3, -0.25) is 0 Å². The lowest BCUT2D eigenvalue weighted by molar-refractivity contribution is -0.160. The fourth-order valence-corrected chi connectivity index (χ4v) is 4.63. The Morgan fingerprint density at radius 2 is 1.68 bits per heavy atom. The summed E-state index contributed by atoms with van der Waals surface area (Å²) in [6.07, 6.45) is -1.79. The normalized spacial score (nSPS) is 19.0. The van der Waals surface area contributed by atoms with E-state index in [-0.39, 0.29) is 36.9 Å². The molecule has 9 heteroatoms. The maximum Gasteiger partial charge on any atom is 0.303 e. The topological polar surface area (TPSA) is 31.4 Å². The zero-order chi connectivity index (χ0) is 27.7. The molecule has 212 valence electrons. The van der Waals surface area contributed by atoms with Crippen molar-refractivity contribution in [2.75, 3.05) is 13.2 Å². The van der Waals surface area contributed by atoms with Crippen LogP contribution in [0.15, 0.2) is 30.3 Å². The number of hydrogen-bond acceptors (Lipinski definition) is 3. The van der Waals surface area contributed by atoms with E-state index in [1.807, 2.05) is 6.92 Å². The second-order valence-electron chi connectivity index (χ2n) is 9.92. The van der Waals surface area contributed by atoms with Gasteiger partial charge in [0.1, 0.15) is 30.8 Å². The fourth-order valence-electron chi connectivity index (χ4n) is 4.63. The van der Waals surface area contributed by atoms with Crippen LogP contribution in [0.4, 0.5) is 26.3 Å². The zero-order valence-electron chi connectivity index (χ0n) is 22.0. The first-order chi connectivity index (χ1) is 18.2. The van der Waals surface area contributed by atoms with Crippen molar-refractivity contribution in [2.45, 2.75) is 102 Å². The number of rotatable bonds is 15. The number of aromatic nitrogens is 1. The van der Waals surface area contributed by atoms with Crippen LogP contribution in [0.1, 0.15) is 76.3 Å². The van der Waals surface area contributed by atoms with Crippen molar-refractivity contribution in [1.29, 1.82) is 0 Å². The fraction of sp³-hybridized carbons (Fsp3) is 0.621. The van der Waals surface area contributed by atoms with Crippen molar-refractivity contribution < 1.29 is 35.8 Å². The molecule has 2 aromatic rings. The molecule has 0 saturated carbocycles. The smallest absolute Gasteiger partial charge is 0.303 e. The molecule has 1 aliphatic rings. The van der Waals surface area contributed by atoms with Crippen LogP contribution in [-0.2, 0) is 17.1 Å². The van der Waals surface area contributed by atoms with Crippen molar-refractivity contribution in [3.8, 4) is 17.0 Å². The largest absolute Gasteiger partial charge is 0.490 e. The number of unbranched alkanes of at least 4 members (excludes halogenated alkanes) is 3. The maximum atomic E-state index is 15.2. The molecule has 4 unspecified atom stereocenters. The van der Waals surface area contributed by atoms with Crippen LogP contribution >= 0.6 is 0 Å². The molecule has 3 nitrogen and oxygen atoms in total. The molecule has 0 N–H and O–H groups in total. The molecular formula is C29H37F6NO2. The van der Waals surface area contributed by atoms with Gasteiger partial charge in [-0.25, -0.2) is 18.2 Å². The molecule has 38 heavy (non-hydrogen) atoms. The number of nitrogens with zero attached hydrogens (tertiary/aromatic N) is 1. The van der Waals surface area contributed by atoms with Crippen LogP contribution < -0.4 is 4.74 Å². The molecule has 0 saturated heterocycles. The number of aryl methyl sites for hydroxylation is 1. The number of halogens is 6. The Balaban J connectivity index is 1.64. The lowest BCUT2D eigenvalue weighted by atomic mass is 9.86. The van der Waals surface area contributed by atoms with E-state index in [9.17, 15) is 17.6 Å². The van der Waals surface area contributed by atoms with Gasteiger partial charge in [-0.05, 0) is 61.6 Å². The van der Waals surface area contributed by atoms with Crippen LogP contribution in [0.25, 0.3) is 11.3 Å². The number of ether oxygens (including phenoxy) is 2. The monoisotopic (exact) mass is 545 g/mol. The van der Waals surface area contributed by atoms with E-state index in [1.54, 1.807) is 19.1 Å². The highest BCUT2D eigenvalue weighted by atomic mass is 19.3. The minimum Gasteiger partial charge on any atom is -0.490 e. The van der Waals surface area contributed by atoms with Crippen molar-refractivity contribution >= 4 is 0 Å². The number of alkyl halides is 5. The summed E-state index contributed by atoms with van der Waals surface area (Å²) in [5.41, 5.74) is -0.0684.